The average Bonchev–Trinajstić information content (AvgIpc) is 3.06. The van der Waals surface area contributed by atoms with Gasteiger partial charge in [-0.25, -0.2) is 4.79 Å². The molecule has 2 aromatic carbocycles. The van der Waals surface area contributed by atoms with E-state index in [1.807, 2.05) is 54.6 Å². The molecule has 0 atom stereocenters. The van der Waals surface area contributed by atoms with Crippen molar-refractivity contribution in [3.63, 3.8) is 0 Å². The van der Waals surface area contributed by atoms with Crippen molar-refractivity contribution in [1.29, 1.82) is 0 Å². The first-order chi connectivity index (χ1) is 10.8. The third-order valence-electron chi connectivity index (χ3n) is 3.25. The highest BCUT2D eigenvalue weighted by molar-refractivity contribution is 5.88. The molecule has 0 saturated heterocycles. The highest BCUT2D eigenvalue weighted by Crippen LogP contribution is 2.26. The van der Waals surface area contributed by atoms with Crippen molar-refractivity contribution < 1.29 is 14.1 Å². The number of aromatic nitrogens is 1. The number of esters is 1. The summed E-state index contributed by atoms with van der Waals surface area (Å²) in [6, 6.07) is 19.6. The van der Waals surface area contributed by atoms with Gasteiger partial charge in [0, 0.05) is 11.6 Å². The van der Waals surface area contributed by atoms with Crippen LogP contribution in [0.3, 0.4) is 0 Å². The van der Waals surface area contributed by atoms with Crippen molar-refractivity contribution in [1.82, 2.24) is 5.16 Å². The van der Waals surface area contributed by atoms with Crippen LogP contribution >= 0.6 is 0 Å². The Bertz CT molecular complexity index is 778. The van der Waals surface area contributed by atoms with Crippen LogP contribution in [-0.2, 0) is 4.74 Å². The normalized spacial score (nSPS) is 10.4. The molecule has 1 aromatic heterocycles. The summed E-state index contributed by atoms with van der Waals surface area (Å²) in [7, 11) is 0. The van der Waals surface area contributed by atoms with Crippen molar-refractivity contribution in [3.05, 3.63) is 66.4 Å². The number of benzene rings is 2. The molecule has 0 unspecified atom stereocenters. The SMILES string of the molecule is CCOC(=O)c1cc(-c2cccc(-c3ccccc3)c2)on1. The van der Waals surface area contributed by atoms with Crippen molar-refractivity contribution in [3.8, 4) is 22.5 Å². The first kappa shape index (κ1) is 14.1. The van der Waals surface area contributed by atoms with E-state index < -0.39 is 5.97 Å². The largest absolute Gasteiger partial charge is 0.461 e. The quantitative estimate of drug-likeness (QED) is 0.677. The summed E-state index contributed by atoms with van der Waals surface area (Å²) in [5.74, 6) is 0.0672. The van der Waals surface area contributed by atoms with Crippen molar-refractivity contribution >= 4 is 5.97 Å². The molecular formula is C18H15NO3. The maximum atomic E-state index is 11.6. The van der Waals surface area contributed by atoms with Crippen LogP contribution in [0.15, 0.2) is 65.2 Å². The summed E-state index contributed by atoms with van der Waals surface area (Å²) in [5, 5.41) is 3.76. The molecule has 22 heavy (non-hydrogen) atoms. The Morgan fingerprint density at radius 2 is 1.73 bits per heavy atom. The first-order valence-corrected chi connectivity index (χ1v) is 7.07. The standard InChI is InChI=1S/C18H15NO3/c1-2-21-18(20)16-12-17(22-19-16)15-10-6-9-14(11-15)13-7-4-3-5-8-13/h3-12H,2H2,1H3. The van der Waals surface area contributed by atoms with Crippen LogP contribution in [0.1, 0.15) is 17.4 Å². The Morgan fingerprint density at radius 3 is 2.50 bits per heavy atom. The fourth-order valence-corrected chi connectivity index (χ4v) is 2.20. The lowest BCUT2D eigenvalue weighted by Gasteiger charge is -2.03. The summed E-state index contributed by atoms with van der Waals surface area (Å²) in [6.45, 7) is 2.06. The lowest BCUT2D eigenvalue weighted by molar-refractivity contribution is 0.0514. The van der Waals surface area contributed by atoms with E-state index in [4.69, 9.17) is 9.26 Å². The predicted octanol–water partition coefficient (Wildman–Crippen LogP) is 4.19. The van der Waals surface area contributed by atoms with E-state index in [1.54, 1.807) is 13.0 Å². The van der Waals surface area contributed by atoms with Gasteiger partial charge in [-0.05, 0) is 24.1 Å². The van der Waals surface area contributed by atoms with Gasteiger partial charge in [0.1, 0.15) is 0 Å². The molecule has 0 spiro atoms. The van der Waals surface area contributed by atoms with Gasteiger partial charge in [-0.1, -0.05) is 53.7 Å². The molecule has 0 fully saturated rings. The van der Waals surface area contributed by atoms with Gasteiger partial charge in [-0.2, -0.15) is 0 Å². The van der Waals surface area contributed by atoms with Gasteiger partial charge in [0.25, 0.3) is 0 Å². The number of carbonyl (C=O) groups is 1. The molecule has 0 N–H and O–H groups in total. The third-order valence-corrected chi connectivity index (χ3v) is 3.25. The fraction of sp³-hybridized carbons (Fsp3) is 0.111. The average molecular weight is 293 g/mol. The third kappa shape index (κ3) is 2.91. The van der Waals surface area contributed by atoms with E-state index in [-0.39, 0.29) is 5.69 Å². The van der Waals surface area contributed by atoms with E-state index in [0.717, 1.165) is 16.7 Å². The number of hydrogen-bond acceptors (Lipinski definition) is 4. The minimum absolute atomic E-state index is 0.182. The topological polar surface area (TPSA) is 52.3 Å². The Balaban J connectivity index is 1.91. The summed E-state index contributed by atoms with van der Waals surface area (Å²) in [4.78, 5) is 11.6. The van der Waals surface area contributed by atoms with Crippen LogP contribution in [-0.4, -0.2) is 17.7 Å². The predicted molar refractivity (Wildman–Crippen MR) is 83.3 cm³/mol. The second-order valence-electron chi connectivity index (χ2n) is 4.74. The van der Waals surface area contributed by atoms with Gasteiger partial charge >= 0.3 is 5.97 Å². The molecule has 4 nitrogen and oxygen atoms in total. The summed E-state index contributed by atoms with van der Waals surface area (Å²) in [6.07, 6.45) is 0. The molecule has 3 rings (SSSR count). The lowest BCUT2D eigenvalue weighted by Crippen LogP contribution is -2.04. The number of rotatable bonds is 4. The zero-order chi connectivity index (χ0) is 15.4. The van der Waals surface area contributed by atoms with E-state index in [0.29, 0.717) is 12.4 Å². The molecule has 0 aliphatic rings. The summed E-state index contributed by atoms with van der Waals surface area (Å²) in [5.41, 5.74) is 3.24. The molecule has 0 radical (unpaired) electrons. The van der Waals surface area contributed by atoms with E-state index >= 15 is 0 Å². The van der Waals surface area contributed by atoms with E-state index in [1.165, 1.54) is 0 Å². The van der Waals surface area contributed by atoms with Gasteiger partial charge in [0.15, 0.2) is 11.5 Å². The van der Waals surface area contributed by atoms with Crippen LogP contribution in [0.25, 0.3) is 22.5 Å². The van der Waals surface area contributed by atoms with Gasteiger partial charge in [0.2, 0.25) is 0 Å². The fourth-order valence-electron chi connectivity index (χ4n) is 2.20. The molecule has 0 bridgehead atoms. The lowest BCUT2D eigenvalue weighted by atomic mass is 10.0. The molecule has 0 aliphatic heterocycles. The Labute approximate surface area is 128 Å². The smallest absolute Gasteiger partial charge is 0.360 e. The van der Waals surface area contributed by atoms with Crippen molar-refractivity contribution in [2.45, 2.75) is 6.92 Å². The van der Waals surface area contributed by atoms with Crippen LogP contribution < -0.4 is 0 Å². The Hall–Kier alpha value is -2.88. The Morgan fingerprint density at radius 1 is 1.00 bits per heavy atom. The molecule has 0 aliphatic carbocycles. The molecule has 0 amide bonds. The van der Waals surface area contributed by atoms with E-state index in [9.17, 15) is 4.79 Å². The van der Waals surface area contributed by atoms with Gasteiger partial charge in [0.05, 0.1) is 6.61 Å². The second kappa shape index (κ2) is 6.26. The van der Waals surface area contributed by atoms with Gasteiger partial charge in [-0.15, -0.1) is 0 Å². The molecule has 110 valence electrons. The minimum Gasteiger partial charge on any atom is -0.461 e. The number of nitrogens with zero attached hydrogens (tertiary/aromatic N) is 1. The van der Waals surface area contributed by atoms with Crippen molar-refractivity contribution in [2.75, 3.05) is 6.61 Å². The molecule has 3 aromatic rings. The van der Waals surface area contributed by atoms with Gasteiger partial charge < -0.3 is 9.26 Å². The van der Waals surface area contributed by atoms with Crippen LogP contribution in [0, 0.1) is 0 Å². The highest BCUT2D eigenvalue weighted by Gasteiger charge is 2.14. The molecule has 4 heteroatoms. The minimum atomic E-state index is -0.475. The summed E-state index contributed by atoms with van der Waals surface area (Å²) >= 11 is 0. The van der Waals surface area contributed by atoms with Crippen LogP contribution in [0.4, 0.5) is 0 Å². The maximum Gasteiger partial charge on any atom is 0.360 e. The van der Waals surface area contributed by atoms with Crippen LogP contribution in [0.5, 0.6) is 0 Å². The zero-order valence-corrected chi connectivity index (χ0v) is 12.2. The second-order valence-corrected chi connectivity index (χ2v) is 4.74. The van der Waals surface area contributed by atoms with Gasteiger partial charge in [-0.3, -0.25) is 0 Å². The molecule has 0 saturated carbocycles. The number of carbonyl (C=O) groups excluding carboxylic acids is 1. The molecule has 1 heterocycles. The number of ether oxygens (including phenoxy) is 1. The maximum absolute atomic E-state index is 11.6. The zero-order valence-electron chi connectivity index (χ0n) is 12.2. The van der Waals surface area contributed by atoms with Crippen LogP contribution in [0.2, 0.25) is 0 Å². The first-order valence-electron chi connectivity index (χ1n) is 7.07. The number of hydrogen-bond donors (Lipinski definition) is 0. The molecular weight excluding hydrogens is 278 g/mol. The van der Waals surface area contributed by atoms with E-state index in [2.05, 4.69) is 5.16 Å². The Kier molecular flexibility index (Phi) is 4.01. The summed E-state index contributed by atoms with van der Waals surface area (Å²) < 4.78 is 10.2. The monoisotopic (exact) mass is 293 g/mol. The van der Waals surface area contributed by atoms with Crippen molar-refractivity contribution in [2.24, 2.45) is 0 Å². The highest BCUT2D eigenvalue weighted by atomic mass is 16.5.